The average molecular weight is 177 g/mol. The Morgan fingerprint density at radius 2 is 2.00 bits per heavy atom. The lowest BCUT2D eigenvalue weighted by molar-refractivity contribution is 0.443. The van der Waals surface area contributed by atoms with Gasteiger partial charge in [-0.2, -0.15) is 0 Å². The van der Waals surface area contributed by atoms with Crippen molar-refractivity contribution in [2.45, 2.75) is 38.0 Å². The zero-order valence-electron chi connectivity index (χ0n) is 7.75. The fourth-order valence-corrected chi connectivity index (χ4v) is 2.15. The van der Waals surface area contributed by atoms with Gasteiger partial charge in [0.25, 0.3) is 0 Å². The van der Waals surface area contributed by atoms with Crippen LogP contribution in [0.5, 0.6) is 0 Å². The minimum Gasteiger partial charge on any atom is -0.329 e. The number of aromatic nitrogens is 1. The Labute approximate surface area is 78.0 Å². The van der Waals surface area contributed by atoms with Crippen molar-refractivity contribution in [2.75, 3.05) is 0 Å². The molecule has 1 N–H and O–H groups in total. The van der Waals surface area contributed by atoms with Crippen molar-refractivity contribution < 1.29 is 0 Å². The van der Waals surface area contributed by atoms with Crippen molar-refractivity contribution in [2.24, 2.45) is 0 Å². The highest BCUT2D eigenvalue weighted by Crippen LogP contribution is 2.31. The third kappa shape index (κ3) is 2.00. The van der Waals surface area contributed by atoms with Crippen LogP contribution in [0.3, 0.4) is 0 Å². The molecule has 2 heteroatoms. The van der Waals surface area contributed by atoms with Gasteiger partial charge in [-0.25, -0.2) is 0 Å². The predicted octanol–water partition coefficient (Wildman–Crippen LogP) is 2.42. The van der Waals surface area contributed by atoms with Gasteiger partial charge < -0.3 is 4.98 Å². The van der Waals surface area contributed by atoms with E-state index in [4.69, 9.17) is 0 Å². The predicted molar refractivity (Wildman–Crippen MR) is 52.9 cm³/mol. The second-order valence-corrected chi connectivity index (χ2v) is 3.82. The first-order valence-corrected chi connectivity index (χ1v) is 5.05. The van der Waals surface area contributed by atoms with Gasteiger partial charge >= 0.3 is 0 Å². The molecular weight excluding hydrogens is 162 g/mol. The Morgan fingerprint density at radius 1 is 1.23 bits per heavy atom. The first kappa shape index (κ1) is 8.54. The zero-order chi connectivity index (χ0) is 9.10. The van der Waals surface area contributed by atoms with Crippen molar-refractivity contribution in [1.29, 1.82) is 0 Å². The molecule has 1 aromatic heterocycles. The Morgan fingerprint density at radius 3 is 2.69 bits per heavy atom. The van der Waals surface area contributed by atoms with Crippen LogP contribution in [0, 0.1) is 0 Å². The van der Waals surface area contributed by atoms with Gasteiger partial charge in [0.2, 0.25) is 5.56 Å². The van der Waals surface area contributed by atoms with E-state index in [-0.39, 0.29) is 5.56 Å². The first-order chi connectivity index (χ1) is 6.36. The van der Waals surface area contributed by atoms with Crippen LogP contribution in [-0.4, -0.2) is 4.98 Å². The lowest BCUT2D eigenvalue weighted by Gasteiger charge is -2.21. The lowest BCUT2D eigenvalue weighted by Crippen LogP contribution is -2.10. The van der Waals surface area contributed by atoms with E-state index in [1.807, 2.05) is 6.07 Å². The lowest BCUT2D eigenvalue weighted by atomic mass is 9.84. The van der Waals surface area contributed by atoms with Crippen LogP contribution in [-0.2, 0) is 0 Å². The van der Waals surface area contributed by atoms with Crippen LogP contribution in [0.4, 0.5) is 0 Å². The SMILES string of the molecule is O=c1cc(C2CCCCC2)cc[nH]1. The maximum atomic E-state index is 11.1. The molecule has 13 heavy (non-hydrogen) atoms. The zero-order valence-corrected chi connectivity index (χ0v) is 7.75. The molecule has 0 saturated heterocycles. The number of rotatable bonds is 1. The van der Waals surface area contributed by atoms with Crippen LogP contribution in [0.1, 0.15) is 43.6 Å². The molecule has 0 unspecified atom stereocenters. The standard InChI is InChI=1S/C11H15NO/c13-11-8-10(6-7-12-11)9-4-2-1-3-5-9/h6-9H,1-5H2,(H,12,13). The first-order valence-electron chi connectivity index (χ1n) is 5.05. The van der Waals surface area contributed by atoms with Crippen LogP contribution in [0.2, 0.25) is 0 Å². The molecule has 70 valence electrons. The Hall–Kier alpha value is -1.05. The molecular formula is C11H15NO. The van der Waals surface area contributed by atoms with Gasteiger partial charge in [0.05, 0.1) is 0 Å². The Kier molecular flexibility index (Phi) is 2.48. The van der Waals surface area contributed by atoms with E-state index in [1.165, 1.54) is 37.7 Å². The summed E-state index contributed by atoms with van der Waals surface area (Å²) < 4.78 is 0. The highest BCUT2D eigenvalue weighted by molar-refractivity contribution is 5.16. The van der Waals surface area contributed by atoms with Crippen molar-refractivity contribution in [3.05, 3.63) is 34.2 Å². The maximum Gasteiger partial charge on any atom is 0.248 e. The number of hydrogen-bond donors (Lipinski definition) is 1. The molecule has 0 atom stereocenters. The van der Waals surface area contributed by atoms with Gasteiger partial charge in [-0.05, 0) is 30.4 Å². The summed E-state index contributed by atoms with van der Waals surface area (Å²) in [5.41, 5.74) is 1.26. The highest BCUT2D eigenvalue weighted by atomic mass is 16.1. The third-order valence-corrected chi connectivity index (χ3v) is 2.88. The molecule has 2 nitrogen and oxygen atoms in total. The molecule has 0 bridgehead atoms. The Balaban J connectivity index is 2.19. The van der Waals surface area contributed by atoms with Crippen LogP contribution < -0.4 is 5.56 Å². The largest absolute Gasteiger partial charge is 0.329 e. The number of pyridine rings is 1. The summed E-state index contributed by atoms with van der Waals surface area (Å²) in [7, 11) is 0. The van der Waals surface area contributed by atoms with Gasteiger partial charge in [-0.15, -0.1) is 0 Å². The highest BCUT2D eigenvalue weighted by Gasteiger charge is 2.15. The van der Waals surface area contributed by atoms with E-state index in [2.05, 4.69) is 4.98 Å². The van der Waals surface area contributed by atoms with E-state index >= 15 is 0 Å². The van der Waals surface area contributed by atoms with E-state index in [0.717, 1.165) is 0 Å². The number of aromatic amines is 1. The summed E-state index contributed by atoms with van der Waals surface area (Å²) in [5.74, 6) is 0.635. The molecule has 1 heterocycles. The molecule has 1 aliphatic carbocycles. The summed E-state index contributed by atoms with van der Waals surface area (Å²) in [4.78, 5) is 13.7. The molecule has 0 radical (unpaired) electrons. The van der Waals surface area contributed by atoms with Crippen molar-refractivity contribution >= 4 is 0 Å². The number of hydrogen-bond acceptors (Lipinski definition) is 1. The smallest absolute Gasteiger partial charge is 0.248 e. The van der Waals surface area contributed by atoms with E-state index in [0.29, 0.717) is 5.92 Å². The monoisotopic (exact) mass is 177 g/mol. The van der Waals surface area contributed by atoms with E-state index < -0.39 is 0 Å². The van der Waals surface area contributed by atoms with E-state index in [9.17, 15) is 4.79 Å². The van der Waals surface area contributed by atoms with Crippen molar-refractivity contribution in [1.82, 2.24) is 4.98 Å². The van der Waals surface area contributed by atoms with Gasteiger partial charge in [-0.3, -0.25) is 4.79 Å². The molecule has 0 spiro atoms. The number of H-pyrrole nitrogens is 1. The third-order valence-electron chi connectivity index (χ3n) is 2.88. The molecule has 1 fully saturated rings. The topological polar surface area (TPSA) is 32.9 Å². The average Bonchev–Trinajstić information content (AvgIpc) is 2.19. The summed E-state index contributed by atoms with van der Waals surface area (Å²) in [6, 6.07) is 3.79. The second kappa shape index (κ2) is 3.77. The summed E-state index contributed by atoms with van der Waals surface area (Å²) in [5, 5.41) is 0. The molecule has 0 amide bonds. The normalized spacial score (nSPS) is 18.8. The van der Waals surface area contributed by atoms with Crippen molar-refractivity contribution in [3.63, 3.8) is 0 Å². The maximum absolute atomic E-state index is 11.1. The molecule has 1 aliphatic rings. The van der Waals surface area contributed by atoms with Crippen LogP contribution in [0.25, 0.3) is 0 Å². The van der Waals surface area contributed by atoms with Crippen LogP contribution in [0.15, 0.2) is 23.1 Å². The fourth-order valence-electron chi connectivity index (χ4n) is 2.15. The summed E-state index contributed by atoms with van der Waals surface area (Å²) in [6.07, 6.45) is 8.26. The summed E-state index contributed by atoms with van der Waals surface area (Å²) in [6.45, 7) is 0. The molecule has 0 aliphatic heterocycles. The summed E-state index contributed by atoms with van der Waals surface area (Å²) >= 11 is 0. The van der Waals surface area contributed by atoms with Gasteiger partial charge in [-0.1, -0.05) is 19.3 Å². The molecule has 0 aromatic carbocycles. The van der Waals surface area contributed by atoms with Gasteiger partial charge in [0, 0.05) is 12.3 Å². The quantitative estimate of drug-likeness (QED) is 0.702. The second-order valence-electron chi connectivity index (χ2n) is 3.82. The minimum atomic E-state index is 0.0306. The van der Waals surface area contributed by atoms with Gasteiger partial charge in [0.15, 0.2) is 0 Å². The fraction of sp³-hybridized carbons (Fsp3) is 0.545. The minimum absolute atomic E-state index is 0.0306. The van der Waals surface area contributed by atoms with Gasteiger partial charge in [0.1, 0.15) is 0 Å². The molecule has 1 aromatic rings. The van der Waals surface area contributed by atoms with E-state index in [1.54, 1.807) is 12.3 Å². The molecule has 1 saturated carbocycles. The van der Waals surface area contributed by atoms with Crippen molar-refractivity contribution in [3.8, 4) is 0 Å². The van der Waals surface area contributed by atoms with Crippen LogP contribution >= 0.6 is 0 Å². The number of nitrogens with one attached hydrogen (secondary N) is 1. The Bertz CT molecular complexity index is 323. The molecule has 2 rings (SSSR count).